The van der Waals surface area contributed by atoms with Gasteiger partial charge in [-0.25, -0.2) is 4.79 Å². The third kappa shape index (κ3) is 4.06. The van der Waals surface area contributed by atoms with E-state index in [2.05, 4.69) is 4.98 Å². The fourth-order valence-corrected chi connectivity index (χ4v) is 5.92. The first-order chi connectivity index (χ1) is 18.9. The fraction of sp³-hybridized carbons (Fsp3) is 0.267. The number of aliphatic hydroxyl groups excluding tert-OH is 2. The Bertz CT molecular complexity index is 1460. The maximum absolute atomic E-state index is 13.7. The molecule has 1 aliphatic heterocycles. The number of para-hydroxylation sites is 2. The van der Waals surface area contributed by atoms with Gasteiger partial charge in [0.15, 0.2) is 5.72 Å². The molecular formula is C30H31N3O6. The van der Waals surface area contributed by atoms with E-state index in [-0.39, 0.29) is 12.2 Å². The van der Waals surface area contributed by atoms with Crippen LogP contribution in [0.2, 0.25) is 0 Å². The first kappa shape index (κ1) is 26.4. The molecule has 3 atom stereocenters. The van der Waals surface area contributed by atoms with Crippen molar-refractivity contribution >= 4 is 5.82 Å². The van der Waals surface area contributed by atoms with Crippen molar-refractivity contribution in [3.63, 3.8) is 0 Å². The molecule has 9 nitrogen and oxygen atoms in total. The second-order valence-electron chi connectivity index (χ2n) is 9.42. The molecule has 0 bridgehead atoms. The fourth-order valence-electron chi connectivity index (χ4n) is 5.92. The zero-order chi connectivity index (χ0) is 27.6. The molecule has 4 N–H and O–H groups in total. The summed E-state index contributed by atoms with van der Waals surface area (Å²) in [5.41, 5.74) is 4.21. The van der Waals surface area contributed by atoms with E-state index in [1.54, 1.807) is 14.2 Å². The van der Waals surface area contributed by atoms with Crippen molar-refractivity contribution in [1.82, 2.24) is 9.55 Å². The number of aromatic nitrogens is 2. The summed E-state index contributed by atoms with van der Waals surface area (Å²) in [5, 5.41) is 21.5. The van der Waals surface area contributed by atoms with Gasteiger partial charge in [-0.05, 0) is 23.8 Å². The lowest BCUT2D eigenvalue weighted by molar-refractivity contribution is -0.147. The Morgan fingerprint density at radius 3 is 2.05 bits per heavy atom. The highest BCUT2D eigenvalue weighted by Crippen LogP contribution is 2.59. The molecule has 2 heterocycles. The summed E-state index contributed by atoms with van der Waals surface area (Å²) in [6.07, 6.45) is -0.678. The summed E-state index contributed by atoms with van der Waals surface area (Å²) in [6, 6.07) is 25.9. The van der Waals surface area contributed by atoms with E-state index in [1.165, 1.54) is 16.8 Å². The molecular weight excluding hydrogens is 498 g/mol. The zero-order valence-corrected chi connectivity index (χ0v) is 21.7. The lowest BCUT2D eigenvalue weighted by Gasteiger charge is -2.50. The first-order valence-corrected chi connectivity index (χ1v) is 12.6. The Balaban J connectivity index is 2.06. The van der Waals surface area contributed by atoms with Gasteiger partial charge in [-0.2, -0.15) is 4.98 Å². The standard InChI is InChI=1S/C30H31N3O6/c1-37-24-14-8-6-12-21(24)30(20-10-4-3-5-11-20,22-13-7-9-15-25(22)38-2)29(18-23(35)26(19-34)39-29)33-17-16-27(31)32-28(33)36/h3-17,23,26,34-35H,18-19H2,1-2H3,(H2,31,32,36)/t23-,26+,29-/m0/s1. The predicted molar refractivity (Wildman–Crippen MR) is 146 cm³/mol. The van der Waals surface area contributed by atoms with Crippen LogP contribution in [0, 0.1) is 0 Å². The smallest absolute Gasteiger partial charge is 0.351 e. The molecule has 0 amide bonds. The van der Waals surface area contributed by atoms with E-state index >= 15 is 0 Å². The van der Waals surface area contributed by atoms with Crippen molar-refractivity contribution in [2.45, 2.75) is 29.8 Å². The number of nitrogens with two attached hydrogens (primary N) is 1. The SMILES string of the molecule is COc1ccccc1C(c1ccccc1)(c1ccccc1OC)[C@]1(n2ccc(N)nc2=O)C[C@H](O)[C@@H](CO)O1. The van der Waals surface area contributed by atoms with Gasteiger partial charge < -0.3 is 30.2 Å². The van der Waals surface area contributed by atoms with Crippen LogP contribution in [-0.4, -0.2) is 52.8 Å². The van der Waals surface area contributed by atoms with E-state index < -0.39 is 35.6 Å². The minimum Gasteiger partial charge on any atom is -0.496 e. The number of hydrogen-bond acceptors (Lipinski definition) is 8. The molecule has 5 rings (SSSR count). The maximum Gasteiger partial charge on any atom is 0.351 e. The largest absolute Gasteiger partial charge is 0.496 e. The number of ether oxygens (including phenoxy) is 3. The number of benzene rings is 3. The summed E-state index contributed by atoms with van der Waals surface area (Å²) >= 11 is 0. The number of nitrogens with zero attached hydrogens (tertiary/aromatic N) is 2. The van der Waals surface area contributed by atoms with E-state index in [9.17, 15) is 15.0 Å². The summed E-state index contributed by atoms with van der Waals surface area (Å²) in [7, 11) is 3.14. The Morgan fingerprint density at radius 2 is 1.54 bits per heavy atom. The van der Waals surface area contributed by atoms with E-state index in [4.69, 9.17) is 19.9 Å². The zero-order valence-electron chi connectivity index (χ0n) is 21.7. The molecule has 3 aromatic carbocycles. The summed E-state index contributed by atoms with van der Waals surface area (Å²) < 4.78 is 19.9. The van der Waals surface area contributed by atoms with Gasteiger partial charge in [0.05, 0.1) is 26.9 Å². The molecule has 0 saturated carbocycles. The molecule has 1 aromatic heterocycles. The third-order valence-electron chi connectivity index (χ3n) is 7.47. The normalized spacial score (nSPS) is 21.0. The molecule has 1 saturated heterocycles. The Labute approximate surface area is 226 Å². The van der Waals surface area contributed by atoms with Crippen LogP contribution in [0.25, 0.3) is 0 Å². The van der Waals surface area contributed by atoms with Crippen LogP contribution < -0.4 is 20.9 Å². The van der Waals surface area contributed by atoms with Crippen LogP contribution >= 0.6 is 0 Å². The van der Waals surface area contributed by atoms with Crippen LogP contribution in [0.3, 0.4) is 0 Å². The molecule has 9 heteroatoms. The van der Waals surface area contributed by atoms with Gasteiger partial charge in [0, 0.05) is 23.7 Å². The van der Waals surface area contributed by atoms with Crippen molar-refractivity contribution < 1.29 is 24.4 Å². The van der Waals surface area contributed by atoms with Gasteiger partial charge >= 0.3 is 5.69 Å². The predicted octanol–water partition coefficient (Wildman–Crippen LogP) is 2.67. The van der Waals surface area contributed by atoms with Crippen molar-refractivity contribution in [3.8, 4) is 11.5 Å². The number of nitrogen functional groups attached to an aromatic ring is 1. The molecule has 0 radical (unpaired) electrons. The van der Waals surface area contributed by atoms with Gasteiger partial charge in [0.25, 0.3) is 0 Å². The summed E-state index contributed by atoms with van der Waals surface area (Å²) in [4.78, 5) is 17.7. The summed E-state index contributed by atoms with van der Waals surface area (Å²) in [5.74, 6) is 1.09. The van der Waals surface area contributed by atoms with Gasteiger partial charge in [0.1, 0.15) is 28.8 Å². The Morgan fingerprint density at radius 1 is 0.974 bits per heavy atom. The Hall–Kier alpha value is -4.18. The van der Waals surface area contributed by atoms with Crippen molar-refractivity contribution in [2.24, 2.45) is 0 Å². The molecule has 1 fully saturated rings. The van der Waals surface area contributed by atoms with Crippen LogP contribution in [0.1, 0.15) is 23.1 Å². The quantitative estimate of drug-likeness (QED) is 0.297. The van der Waals surface area contributed by atoms with E-state index in [0.717, 1.165) is 5.56 Å². The highest BCUT2D eigenvalue weighted by Gasteiger charge is 2.65. The molecule has 0 spiro atoms. The number of aliphatic hydroxyl groups is 2. The molecule has 1 aliphatic rings. The lowest BCUT2D eigenvalue weighted by Crippen LogP contribution is -2.58. The van der Waals surface area contributed by atoms with E-state index in [0.29, 0.717) is 22.6 Å². The highest BCUT2D eigenvalue weighted by molar-refractivity contribution is 5.61. The van der Waals surface area contributed by atoms with Gasteiger partial charge in [-0.3, -0.25) is 4.57 Å². The average Bonchev–Trinajstić information content (AvgIpc) is 3.31. The second-order valence-corrected chi connectivity index (χ2v) is 9.42. The van der Waals surface area contributed by atoms with Crippen LogP contribution in [0.5, 0.6) is 11.5 Å². The topological polar surface area (TPSA) is 129 Å². The molecule has 202 valence electrons. The van der Waals surface area contributed by atoms with Crippen molar-refractivity contribution in [3.05, 3.63) is 118 Å². The highest BCUT2D eigenvalue weighted by atomic mass is 16.6. The number of hydrogen-bond donors (Lipinski definition) is 3. The Kier molecular flexibility index (Phi) is 7.14. The lowest BCUT2D eigenvalue weighted by atomic mass is 9.61. The van der Waals surface area contributed by atoms with Crippen molar-refractivity contribution in [1.29, 1.82) is 0 Å². The minimum absolute atomic E-state index is 0.0450. The maximum atomic E-state index is 13.7. The molecule has 0 unspecified atom stereocenters. The third-order valence-corrected chi connectivity index (χ3v) is 7.47. The van der Waals surface area contributed by atoms with Gasteiger partial charge in [-0.15, -0.1) is 0 Å². The monoisotopic (exact) mass is 529 g/mol. The number of rotatable bonds is 8. The second kappa shape index (κ2) is 10.5. The number of methoxy groups -OCH3 is 2. The van der Waals surface area contributed by atoms with Crippen LogP contribution in [0.4, 0.5) is 5.82 Å². The van der Waals surface area contributed by atoms with Crippen molar-refractivity contribution in [2.75, 3.05) is 26.6 Å². The van der Waals surface area contributed by atoms with Gasteiger partial charge in [-0.1, -0.05) is 66.7 Å². The minimum atomic E-state index is -1.66. The summed E-state index contributed by atoms with van der Waals surface area (Å²) in [6.45, 7) is -0.469. The number of anilines is 1. The first-order valence-electron chi connectivity index (χ1n) is 12.6. The molecule has 0 aliphatic carbocycles. The average molecular weight is 530 g/mol. The van der Waals surface area contributed by atoms with Crippen LogP contribution in [-0.2, 0) is 15.9 Å². The molecule has 4 aromatic rings. The molecule has 39 heavy (non-hydrogen) atoms. The van der Waals surface area contributed by atoms with Gasteiger partial charge in [0.2, 0.25) is 0 Å². The van der Waals surface area contributed by atoms with E-state index in [1.807, 2.05) is 78.9 Å². The van der Waals surface area contributed by atoms with Crippen LogP contribution in [0.15, 0.2) is 95.9 Å².